The third-order valence-electron chi connectivity index (χ3n) is 1.86. The average Bonchev–Trinajstić information content (AvgIpc) is 2.04. The Morgan fingerprint density at radius 1 is 1.86 bits per heavy atom. The van der Waals surface area contributed by atoms with E-state index in [2.05, 4.69) is 16.3 Å². The highest BCUT2D eigenvalue weighted by Crippen LogP contribution is 2.10. The average molecular weight is 222 g/mol. The van der Waals surface area contributed by atoms with Crippen molar-refractivity contribution in [1.82, 2.24) is 5.43 Å². The topological polar surface area (TPSA) is 106 Å². The van der Waals surface area contributed by atoms with Gasteiger partial charge in [-0.3, -0.25) is 4.79 Å². The molecule has 1 rings (SSSR count). The van der Waals surface area contributed by atoms with Gasteiger partial charge in [-0.15, -0.1) is 0 Å². The van der Waals surface area contributed by atoms with Crippen LogP contribution < -0.4 is 23.6 Å². The maximum absolute atomic E-state index is 10.8. The lowest BCUT2D eigenvalue weighted by atomic mass is 9.97. The van der Waals surface area contributed by atoms with Gasteiger partial charge in [0, 0.05) is 25.0 Å². The molecule has 0 spiro atoms. The second kappa shape index (κ2) is 5.56. The van der Waals surface area contributed by atoms with Crippen molar-refractivity contribution in [2.45, 2.75) is 18.9 Å². The minimum atomic E-state index is -0.945. The zero-order chi connectivity index (χ0) is 9.84. The SMILES string of the molecule is [Cl-].[NH3+][C@@H](CC1C=NNC(=O)C1)C(=O)O. The second-order valence-electron chi connectivity index (χ2n) is 3.05. The van der Waals surface area contributed by atoms with Gasteiger partial charge in [-0.05, 0) is 0 Å². The lowest BCUT2D eigenvalue weighted by molar-refractivity contribution is -0.410. The second-order valence-corrected chi connectivity index (χ2v) is 3.05. The van der Waals surface area contributed by atoms with Crippen LogP contribution in [0.15, 0.2) is 5.10 Å². The third-order valence-corrected chi connectivity index (χ3v) is 1.86. The van der Waals surface area contributed by atoms with Gasteiger partial charge >= 0.3 is 5.97 Å². The standard InChI is InChI=1S/C7H11N3O3.ClH/c8-5(7(12)13)1-4-2-6(11)10-9-3-4;/h3-5H,1-2,8H2,(H,10,11)(H,12,13);1H/t4?,5-;/m0./s1. The Hall–Kier alpha value is -1.14. The minimum Gasteiger partial charge on any atom is -1.00 e. The number of hydrogen-bond acceptors (Lipinski definition) is 3. The number of carboxylic acids is 1. The van der Waals surface area contributed by atoms with Crippen LogP contribution in [0.3, 0.4) is 0 Å². The van der Waals surface area contributed by atoms with E-state index < -0.39 is 12.0 Å². The third kappa shape index (κ3) is 3.71. The summed E-state index contributed by atoms with van der Waals surface area (Å²) in [7, 11) is 0. The van der Waals surface area contributed by atoms with E-state index in [1.54, 1.807) is 6.21 Å². The monoisotopic (exact) mass is 221 g/mol. The van der Waals surface area contributed by atoms with Crippen LogP contribution in [0.2, 0.25) is 0 Å². The van der Waals surface area contributed by atoms with E-state index in [1.807, 2.05) is 0 Å². The Balaban J connectivity index is 0.00000169. The molecular formula is C7H12ClN3O3. The molecule has 0 fully saturated rings. The van der Waals surface area contributed by atoms with E-state index >= 15 is 0 Å². The molecule has 0 saturated carbocycles. The van der Waals surface area contributed by atoms with Crippen molar-refractivity contribution in [3.05, 3.63) is 0 Å². The smallest absolute Gasteiger partial charge is 0.362 e. The van der Waals surface area contributed by atoms with Gasteiger partial charge in [0.05, 0.1) is 0 Å². The van der Waals surface area contributed by atoms with Crippen LogP contribution in [0, 0.1) is 5.92 Å². The maximum Gasteiger partial charge on any atom is 0.362 e. The van der Waals surface area contributed by atoms with Gasteiger partial charge in [-0.1, -0.05) is 0 Å². The molecule has 14 heavy (non-hydrogen) atoms. The van der Waals surface area contributed by atoms with Gasteiger partial charge in [0.15, 0.2) is 6.04 Å². The van der Waals surface area contributed by atoms with Crippen molar-refractivity contribution in [3.8, 4) is 0 Å². The number of aliphatic carboxylic acids is 1. The Morgan fingerprint density at radius 2 is 2.50 bits per heavy atom. The molecule has 1 aliphatic heterocycles. The molecule has 1 amide bonds. The number of halogens is 1. The first-order valence-electron chi connectivity index (χ1n) is 3.97. The van der Waals surface area contributed by atoms with Crippen LogP contribution in [0.4, 0.5) is 0 Å². The summed E-state index contributed by atoms with van der Waals surface area (Å²) >= 11 is 0. The van der Waals surface area contributed by atoms with Crippen LogP contribution in [0.1, 0.15) is 12.8 Å². The Kier molecular flexibility index (Phi) is 5.11. The summed E-state index contributed by atoms with van der Waals surface area (Å²) in [4.78, 5) is 21.3. The lowest BCUT2D eigenvalue weighted by Crippen LogP contribution is -3.00. The molecule has 0 aromatic heterocycles. The molecule has 2 atom stereocenters. The molecule has 0 bridgehead atoms. The molecule has 0 radical (unpaired) electrons. The molecule has 7 heteroatoms. The number of carbonyl (C=O) groups is 2. The maximum atomic E-state index is 10.8. The summed E-state index contributed by atoms with van der Waals surface area (Å²) in [5.74, 6) is -1.23. The highest BCUT2D eigenvalue weighted by molar-refractivity contribution is 5.83. The number of hydrazone groups is 1. The first-order valence-corrected chi connectivity index (χ1v) is 3.97. The number of hydrogen-bond donors (Lipinski definition) is 3. The largest absolute Gasteiger partial charge is 1.00 e. The summed E-state index contributed by atoms with van der Waals surface area (Å²) in [6.45, 7) is 0. The van der Waals surface area contributed by atoms with Crippen molar-refractivity contribution in [2.75, 3.05) is 0 Å². The van der Waals surface area contributed by atoms with Crippen LogP contribution in [0.25, 0.3) is 0 Å². The van der Waals surface area contributed by atoms with Crippen LogP contribution in [0.5, 0.6) is 0 Å². The molecule has 6 nitrogen and oxygen atoms in total. The van der Waals surface area contributed by atoms with Gasteiger partial charge in [0.1, 0.15) is 0 Å². The van der Waals surface area contributed by atoms with Crippen molar-refractivity contribution in [3.63, 3.8) is 0 Å². The van der Waals surface area contributed by atoms with Crippen molar-refractivity contribution in [2.24, 2.45) is 11.0 Å². The molecule has 1 unspecified atom stereocenters. The first kappa shape index (κ1) is 12.9. The Labute approximate surface area is 86.9 Å². The Morgan fingerprint density at radius 3 is 3.00 bits per heavy atom. The zero-order valence-electron chi connectivity index (χ0n) is 7.44. The van der Waals surface area contributed by atoms with Crippen LogP contribution >= 0.6 is 0 Å². The predicted molar refractivity (Wildman–Crippen MR) is 43.7 cm³/mol. The summed E-state index contributed by atoms with van der Waals surface area (Å²) in [6, 6.07) is -0.678. The summed E-state index contributed by atoms with van der Waals surface area (Å²) in [5, 5.41) is 12.2. The molecule has 1 aliphatic rings. The number of rotatable bonds is 3. The highest BCUT2D eigenvalue weighted by Gasteiger charge is 2.24. The number of carboxylic acid groups (broad SMARTS) is 1. The number of amides is 1. The number of quaternary nitrogens is 1. The lowest BCUT2D eigenvalue weighted by Gasteiger charge is -2.15. The van der Waals surface area contributed by atoms with Crippen molar-refractivity contribution >= 4 is 18.1 Å². The van der Waals surface area contributed by atoms with Gasteiger partial charge in [-0.2, -0.15) is 5.10 Å². The van der Waals surface area contributed by atoms with E-state index in [0.717, 1.165) is 0 Å². The van der Waals surface area contributed by atoms with Gasteiger partial charge in [-0.25, -0.2) is 10.2 Å². The summed E-state index contributed by atoms with van der Waals surface area (Å²) in [6.07, 6.45) is 2.21. The molecular weight excluding hydrogens is 210 g/mol. The van der Waals surface area contributed by atoms with E-state index in [0.29, 0.717) is 12.8 Å². The van der Waals surface area contributed by atoms with Crippen LogP contribution in [-0.4, -0.2) is 29.2 Å². The first-order chi connectivity index (χ1) is 6.09. The zero-order valence-corrected chi connectivity index (χ0v) is 8.20. The summed E-state index contributed by atoms with van der Waals surface area (Å²) < 4.78 is 0. The van der Waals surface area contributed by atoms with Crippen LogP contribution in [-0.2, 0) is 9.59 Å². The molecule has 1 heterocycles. The Bertz CT molecular complexity index is 257. The predicted octanol–water partition coefficient (Wildman–Crippen LogP) is -4.80. The normalized spacial score (nSPS) is 22.1. The fourth-order valence-corrected chi connectivity index (χ4v) is 1.16. The molecule has 5 N–H and O–H groups in total. The number of nitrogens with zero attached hydrogens (tertiary/aromatic N) is 1. The molecule has 0 aromatic carbocycles. The van der Waals surface area contributed by atoms with E-state index in [1.165, 1.54) is 0 Å². The van der Waals surface area contributed by atoms with Crippen molar-refractivity contribution < 1.29 is 32.8 Å². The quantitative estimate of drug-likeness (QED) is 0.445. The molecule has 80 valence electrons. The van der Waals surface area contributed by atoms with E-state index in [-0.39, 0.29) is 24.2 Å². The van der Waals surface area contributed by atoms with E-state index in [9.17, 15) is 9.59 Å². The minimum absolute atomic E-state index is 0. The summed E-state index contributed by atoms with van der Waals surface area (Å²) in [5.41, 5.74) is 5.74. The van der Waals surface area contributed by atoms with E-state index in [4.69, 9.17) is 5.11 Å². The molecule has 0 aliphatic carbocycles. The molecule has 0 saturated heterocycles. The highest BCUT2D eigenvalue weighted by atomic mass is 35.5. The number of nitrogens with one attached hydrogen (secondary N) is 1. The van der Waals surface area contributed by atoms with Gasteiger partial charge < -0.3 is 23.2 Å². The fraction of sp³-hybridized carbons (Fsp3) is 0.571. The fourth-order valence-electron chi connectivity index (χ4n) is 1.16. The molecule has 0 aromatic rings. The van der Waals surface area contributed by atoms with Gasteiger partial charge in [0.2, 0.25) is 5.91 Å². The number of carbonyl (C=O) groups excluding carboxylic acids is 1. The van der Waals surface area contributed by atoms with Crippen molar-refractivity contribution in [1.29, 1.82) is 0 Å². The van der Waals surface area contributed by atoms with Gasteiger partial charge in [0.25, 0.3) is 0 Å².